The van der Waals surface area contributed by atoms with E-state index in [0.717, 1.165) is 6.26 Å². The number of benzene rings is 1. The third-order valence-electron chi connectivity index (χ3n) is 2.63. The summed E-state index contributed by atoms with van der Waals surface area (Å²) in [6, 6.07) is 6.90. The average Bonchev–Trinajstić information content (AvgIpc) is 2.79. The Bertz CT molecular complexity index is 762. The van der Waals surface area contributed by atoms with Crippen LogP contribution in [0.1, 0.15) is 16.2 Å². The normalized spacial score (nSPS) is 11.2. The van der Waals surface area contributed by atoms with E-state index in [0.29, 0.717) is 11.3 Å². The molecule has 0 saturated carbocycles. The van der Waals surface area contributed by atoms with Crippen molar-refractivity contribution in [2.45, 2.75) is 6.92 Å². The summed E-state index contributed by atoms with van der Waals surface area (Å²) in [5.41, 5.74) is 0.587. The van der Waals surface area contributed by atoms with E-state index < -0.39 is 15.9 Å². The lowest BCUT2D eigenvalue weighted by atomic mass is 10.2. The highest BCUT2D eigenvalue weighted by atomic mass is 32.2. The monoisotopic (exact) mass is 310 g/mol. The van der Waals surface area contributed by atoms with Crippen molar-refractivity contribution in [2.75, 3.05) is 13.4 Å². The maximum absolute atomic E-state index is 11.8. The first-order chi connectivity index (χ1) is 9.80. The Kier molecular flexibility index (Phi) is 3.99. The predicted octanol–water partition coefficient (Wildman–Crippen LogP) is 1.35. The van der Waals surface area contributed by atoms with Gasteiger partial charge in [0.1, 0.15) is 11.5 Å². The van der Waals surface area contributed by atoms with Crippen molar-refractivity contribution >= 4 is 15.9 Å². The van der Waals surface area contributed by atoms with Gasteiger partial charge in [-0.2, -0.15) is 0 Å². The number of aromatic nitrogens is 1. The fourth-order valence-corrected chi connectivity index (χ4v) is 2.11. The first kappa shape index (κ1) is 15.0. The van der Waals surface area contributed by atoms with Gasteiger partial charge in [-0.15, -0.1) is 0 Å². The van der Waals surface area contributed by atoms with Gasteiger partial charge in [0, 0.05) is 5.56 Å². The van der Waals surface area contributed by atoms with Crippen LogP contribution in [-0.4, -0.2) is 32.7 Å². The zero-order chi connectivity index (χ0) is 15.6. The first-order valence-electron chi connectivity index (χ1n) is 5.94. The number of methoxy groups -OCH3 is 1. The van der Waals surface area contributed by atoms with E-state index in [2.05, 4.69) is 4.98 Å². The Morgan fingerprint density at radius 1 is 1.29 bits per heavy atom. The van der Waals surface area contributed by atoms with Gasteiger partial charge in [0.25, 0.3) is 5.91 Å². The number of aryl methyl sites for hydroxylation is 1. The SMILES string of the molecule is COc1ccc(-c2nc(C(=O)NS(C)(=O)=O)c(C)o2)cc1. The van der Waals surface area contributed by atoms with Crippen LogP contribution in [-0.2, 0) is 10.0 Å². The highest BCUT2D eigenvalue weighted by molar-refractivity contribution is 7.89. The van der Waals surface area contributed by atoms with Crippen molar-refractivity contribution in [2.24, 2.45) is 0 Å². The van der Waals surface area contributed by atoms with Gasteiger partial charge in [-0.05, 0) is 31.2 Å². The molecule has 2 rings (SSSR count). The molecule has 1 heterocycles. The van der Waals surface area contributed by atoms with E-state index in [1.807, 2.05) is 4.72 Å². The Morgan fingerprint density at radius 3 is 2.43 bits per heavy atom. The molecule has 21 heavy (non-hydrogen) atoms. The number of carbonyl (C=O) groups excluding carboxylic acids is 1. The van der Waals surface area contributed by atoms with Gasteiger partial charge in [0.2, 0.25) is 15.9 Å². The van der Waals surface area contributed by atoms with Gasteiger partial charge in [-0.3, -0.25) is 4.79 Å². The Labute approximate surface area is 122 Å². The minimum Gasteiger partial charge on any atom is -0.497 e. The molecule has 112 valence electrons. The lowest BCUT2D eigenvalue weighted by Crippen LogP contribution is -2.30. The summed E-state index contributed by atoms with van der Waals surface area (Å²) >= 11 is 0. The Balaban J connectivity index is 2.32. The number of hydrogen-bond donors (Lipinski definition) is 1. The predicted molar refractivity (Wildman–Crippen MR) is 75.5 cm³/mol. The van der Waals surface area contributed by atoms with Crippen LogP contribution in [0, 0.1) is 6.92 Å². The molecule has 8 heteroatoms. The van der Waals surface area contributed by atoms with Gasteiger partial charge >= 0.3 is 0 Å². The molecule has 0 unspecified atom stereocenters. The standard InChI is InChI=1S/C13H14N2O5S/c1-8-11(12(16)15-21(3,17)18)14-13(20-8)9-4-6-10(19-2)7-5-9/h4-7H,1-3H3,(H,15,16). The summed E-state index contributed by atoms with van der Waals surface area (Å²) in [6.45, 7) is 1.54. The van der Waals surface area contributed by atoms with Crippen LogP contribution in [0.15, 0.2) is 28.7 Å². The molecule has 1 N–H and O–H groups in total. The molecule has 0 spiro atoms. The highest BCUT2D eigenvalue weighted by Gasteiger charge is 2.20. The van der Waals surface area contributed by atoms with Gasteiger partial charge in [-0.1, -0.05) is 0 Å². The number of ether oxygens (including phenoxy) is 1. The van der Waals surface area contributed by atoms with E-state index in [1.54, 1.807) is 31.4 Å². The average molecular weight is 310 g/mol. The number of hydrogen-bond acceptors (Lipinski definition) is 6. The summed E-state index contributed by atoms with van der Waals surface area (Å²) < 4.78 is 34.4. The molecule has 1 aromatic carbocycles. The van der Waals surface area contributed by atoms with E-state index in [-0.39, 0.29) is 17.3 Å². The maximum Gasteiger partial charge on any atom is 0.286 e. The van der Waals surface area contributed by atoms with Gasteiger partial charge in [-0.25, -0.2) is 18.1 Å². The molecule has 0 saturated heterocycles. The molecule has 0 fully saturated rings. The van der Waals surface area contributed by atoms with E-state index in [1.165, 1.54) is 6.92 Å². The highest BCUT2D eigenvalue weighted by Crippen LogP contribution is 2.24. The summed E-state index contributed by atoms with van der Waals surface area (Å²) in [4.78, 5) is 15.8. The van der Waals surface area contributed by atoms with E-state index >= 15 is 0 Å². The Morgan fingerprint density at radius 2 is 1.90 bits per heavy atom. The smallest absolute Gasteiger partial charge is 0.286 e. The fourth-order valence-electron chi connectivity index (χ4n) is 1.68. The summed E-state index contributed by atoms with van der Waals surface area (Å²) in [6.07, 6.45) is 0.894. The van der Waals surface area contributed by atoms with Crippen LogP contribution in [0.3, 0.4) is 0 Å². The minimum absolute atomic E-state index is 0.0637. The summed E-state index contributed by atoms with van der Waals surface area (Å²) in [7, 11) is -2.10. The molecule has 0 radical (unpaired) electrons. The largest absolute Gasteiger partial charge is 0.497 e. The van der Waals surface area contributed by atoms with Gasteiger partial charge in [0.05, 0.1) is 13.4 Å². The third-order valence-corrected chi connectivity index (χ3v) is 3.18. The first-order valence-corrected chi connectivity index (χ1v) is 7.83. The minimum atomic E-state index is -3.65. The number of oxazole rings is 1. The molecular weight excluding hydrogens is 296 g/mol. The maximum atomic E-state index is 11.8. The number of amides is 1. The quantitative estimate of drug-likeness (QED) is 0.915. The zero-order valence-corrected chi connectivity index (χ0v) is 12.5. The molecule has 2 aromatic rings. The van der Waals surface area contributed by atoms with Gasteiger partial charge in [0.15, 0.2) is 5.69 Å². The van der Waals surface area contributed by atoms with E-state index in [9.17, 15) is 13.2 Å². The Hall–Kier alpha value is -2.35. The summed E-state index contributed by atoms with van der Waals surface area (Å²) in [5, 5.41) is 0. The van der Waals surface area contributed by atoms with Crippen LogP contribution < -0.4 is 9.46 Å². The van der Waals surface area contributed by atoms with E-state index in [4.69, 9.17) is 9.15 Å². The number of carbonyl (C=O) groups is 1. The van der Waals surface area contributed by atoms with Crippen LogP contribution in [0.2, 0.25) is 0 Å². The van der Waals surface area contributed by atoms with Crippen LogP contribution in [0.5, 0.6) is 5.75 Å². The number of sulfonamides is 1. The van der Waals surface area contributed by atoms with Crippen molar-refractivity contribution in [3.8, 4) is 17.2 Å². The molecule has 1 aromatic heterocycles. The molecule has 0 bridgehead atoms. The van der Waals surface area contributed by atoms with Crippen LogP contribution >= 0.6 is 0 Å². The lowest BCUT2D eigenvalue weighted by molar-refractivity contribution is 0.0976. The van der Waals surface area contributed by atoms with Crippen molar-refractivity contribution < 1.29 is 22.4 Å². The molecule has 0 aliphatic rings. The van der Waals surface area contributed by atoms with Gasteiger partial charge < -0.3 is 9.15 Å². The second kappa shape index (κ2) is 5.57. The molecule has 1 amide bonds. The molecular formula is C13H14N2O5S. The van der Waals surface area contributed by atoms with Crippen LogP contribution in [0.4, 0.5) is 0 Å². The van der Waals surface area contributed by atoms with Crippen LogP contribution in [0.25, 0.3) is 11.5 Å². The zero-order valence-electron chi connectivity index (χ0n) is 11.7. The number of nitrogens with zero attached hydrogens (tertiary/aromatic N) is 1. The third kappa shape index (κ3) is 3.60. The molecule has 0 aliphatic heterocycles. The van der Waals surface area contributed by atoms with Crippen molar-refractivity contribution in [1.82, 2.24) is 9.71 Å². The summed E-state index contributed by atoms with van der Waals surface area (Å²) in [5.74, 6) is 0.325. The second-order valence-electron chi connectivity index (χ2n) is 4.36. The van der Waals surface area contributed by atoms with Crippen molar-refractivity contribution in [3.05, 3.63) is 35.7 Å². The molecule has 7 nitrogen and oxygen atoms in total. The molecule has 0 atom stereocenters. The second-order valence-corrected chi connectivity index (χ2v) is 6.10. The lowest BCUT2D eigenvalue weighted by Gasteiger charge is -1.99. The van der Waals surface area contributed by atoms with Crippen molar-refractivity contribution in [1.29, 1.82) is 0 Å². The molecule has 0 aliphatic carbocycles. The van der Waals surface area contributed by atoms with Crippen molar-refractivity contribution in [3.63, 3.8) is 0 Å². The topological polar surface area (TPSA) is 98.5 Å². The number of rotatable bonds is 4. The number of nitrogens with one attached hydrogen (secondary N) is 1. The fraction of sp³-hybridized carbons (Fsp3) is 0.231.